The predicted octanol–water partition coefficient (Wildman–Crippen LogP) is 4.63. The number of rotatable bonds is 3. The largest absolute Gasteiger partial charge is 0.364 e. The van der Waals surface area contributed by atoms with Gasteiger partial charge in [0.15, 0.2) is 0 Å². The van der Waals surface area contributed by atoms with E-state index in [0.29, 0.717) is 31.6 Å². The van der Waals surface area contributed by atoms with Crippen LogP contribution in [0.15, 0.2) is 60.8 Å². The lowest BCUT2D eigenvalue weighted by molar-refractivity contribution is -0.120. The van der Waals surface area contributed by atoms with E-state index in [1.54, 1.807) is 6.20 Å². The molecule has 2 atom stereocenters. The first kappa shape index (κ1) is 21.8. The van der Waals surface area contributed by atoms with Gasteiger partial charge in [-0.05, 0) is 66.8 Å². The molecule has 0 saturated heterocycles. The number of carbonyl (C=O) groups is 2. The molecule has 2 aromatic heterocycles. The van der Waals surface area contributed by atoms with Gasteiger partial charge in [0.25, 0.3) is 0 Å². The Morgan fingerprint density at radius 3 is 2.71 bits per heavy atom. The van der Waals surface area contributed by atoms with Crippen LogP contribution in [0, 0.1) is 0 Å². The first-order valence-electron chi connectivity index (χ1n) is 13.3. The van der Waals surface area contributed by atoms with Gasteiger partial charge in [0, 0.05) is 52.5 Å². The molecule has 3 aliphatic heterocycles. The number of amides is 2. The number of benzene rings is 2. The summed E-state index contributed by atoms with van der Waals surface area (Å²) in [5, 5.41) is 7.17. The quantitative estimate of drug-likeness (QED) is 0.428. The van der Waals surface area contributed by atoms with Gasteiger partial charge in [-0.1, -0.05) is 25.1 Å². The van der Waals surface area contributed by atoms with Crippen LogP contribution in [0.5, 0.6) is 0 Å². The van der Waals surface area contributed by atoms with E-state index in [9.17, 15) is 9.59 Å². The molecule has 0 saturated carbocycles. The molecule has 7 nitrogen and oxygen atoms in total. The molecular weight excluding hydrogens is 474 g/mol. The lowest BCUT2D eigenvalue weighted by atomic mass is 9.74. The fraction of sp³-hybridized carbons (Fsp3) is 0.290. The second-order valence-corrected chi connectivity index (χ2v) is 11.3. The zero-order valence-electron chi connectivity index (χ0n) is 21.2. The number of hydrogen-bond acceptors (Lipinski definition) is 5. The third kappa shape index (κ3) is 2.84. The normalized spacial score (nSPS) is 24.4. The van der Waals surface area contributed by atoms with Gasteiger partial charge >= 0.3 is 0 Å². The Hall–Kier alpha value is -4.26. The molecule has 7 heteroatoms. The molecule has 0 radical (unpaired) electrons. The molecule has 2 aromatic carbocycles. The molecule has 4 aromatic rings. The molecular formula is C31H27N5O2. The average Bonchev–Trinajstić information content (AvgIpc) is 3.53. The molecule has 4 aliphatic rings. The number of aromatic nitrogens is 2. The molecule has 1 aliphatic carbocycles. The summed E-state index contributed by atoms with van der Waals surface area (Å²) in [5.41, 5.74) is 8.05. The first-order valence-corrected chi connectivity index (χ1v) is 13.3. The summed E-state index contributed by atoms with van der Waals surface area (Å²) in [4.78, 5) is 37.5. The van der Waals surface area contributed by atoms with Crippen molar-refractivity contribution in [1.82, 2.24) is 9.97 Å². The molecule has 8 rings (SSSR count). The van der Waals surface area contributed by atoms with Gasteiger partial charge in [0.05, 0.1) is 23.2 Å². The zero-order chi connectivity index (χ0) is 25.6. The number of anilines is 3. The van der Waals surface area contributed by atoms with Crippen molar-refractivity contribution in [1.29, 1.82) is 0 Å². The monoisotopic (exact) mass is 501 g/mol. The van der Waals surface area contributed by atoms with E-state index in [-0.39, 0.29) is 17.2 Å². The molecule has 0 fully saturated rings. The SMILES string of the molecule is CCC12CC(=O)Nc3cccc(c31)N(Cc1ccc3cc4c(cc3n1)C[C@@]1(C4)C(=O)Nc3ncccc31)C2. The molecule has 1 spiro atoms. The maximum absolute atomic E-state index is 13.1. The number of fused-ring (bicyclic) bond motifs is 4. The van der Waals surface area contributed by atoms with Crippen LogP contribution in [-0.4, -0.2) is 28.3 Å². The Balaban J connectivity index is 1.13. The van der Waals surface area contributed by atoms with Crippen molar-refractivity contribution in [3.8, 4) is 0 Å². The van der Waals surface area contributed by atoms with Crippen LogP contribution >= 0.6 is 0 Å². The predicted molar refractivity (Wildman–Crippen MR) is 146 cm³/mol. The second-order valence-electron chi connectivity index (χ2n) is 11.3. The van der Waals surface area contributed by atoms with Crippen LogP contribution in [0.2, 0.25) is 0 Å². The fourth-order valence-corrected chi connectivity index (χ4v) is 7.42. The lowest BCUT2D eigenvalue weighted by Gasteiger charge is -2.33. The zero-order valence-corrected chi connectivity index (χ0v) is 21.2. The van der Waals surface area contributed by atoms with Gasteiger partial charge in [-0.3, -0.25) is 14.6 Å². The topological polar surface area (TPSA) is 87.2 Å². The summed E-state index contributed by atoms with van der Waals surface area (Å²) in [6, 6.07) is 18.8. The van der Waals surface area contributed by atoms with Crippen LogP contribution < -0.4 is 15.5 Å². The number of hydrogen-bond donors (Lipinski definition) is 2. The highest BCUT2D eigenvalue weighted by Gasteiger charge is 2.51. The van der Waals surface area contributed by atoms with Gasteiger partial charge in [-0.15, -0.1) is 0 Å². The Bertz CT molecular complexity index is 1710. The second kappa shape index (κ2) is 7.40. The smallest absolute Gasteiger partial charge is 0.237 e. The van der Waals surface area contributed by atoms with E-state index >= 15 is 0 Å². The highest BCUT2D eigenvalue weighted by atomic mass is 16.2. The molecule has 2 amide bonds. The Kier molecular flexibility index (Phi) is 4.25. The van der Waals surface area contributed by atoms with E-state index in [0.717, 1.165) is 40.8 Å². The summed E-state index contributed by atoms with van der Waals surface area (Å²) >= 11 is 0. The molecule has 1 unspecified atom stereocenters. The van der Waals surface area contributed by atoms with Crippen molar-refractivity contribution in [2.45, 2.75) is 50.0 Å². The van der Waals surface area contributed by atoms with Crippen LogP contribution in [-0.2, 0) is 39.8 Å². The highest BCUT2D eigenvalue weighted by molar-refractivity contribution is 6.06. The highest BCUT2D eigenvalue weighted by Crippen LogP contribution is 2.51. The Morgan fingerprint density at radius 2 is 1.84 bits per heavy atom. The van der Waals surface area contributed by atoms with E-state index in [1.165, 1.54) is 22.4 Å². The summed E-state index contributed by atoms with van der Waals surface area (Å²) in [5.74, 6) is 0.827. The van der Waals surface area contributed by atoms with Crippen molar-refractivity contribution in [2.75, 3.05) is 22.1 Å². The van der Waals surface area contributed by atoms with Crippen LogP contribution in [0.4, 0.5) is 17.2 Å². The maximum atomic E-state index is 13.1. The van der Waals surface area contributed by atoms with Crippen molar-refractivity contribution in [3.63, 3.8) is 0 Å². The van der Waals surface area contributed by atoms with E-state index in [1.807, 2.05) is 24.3 Å². The van der Waals surface area contributed by atoms with Crippen LogP contribution in [0.1, 0.15) is 47.7 Å². The number of nitrogens with one attached hydrogen (secondary N) is 2. The molecule has 5 heterocycles. The third-order valence-corrected chi connectivity index (χ3v) is 9.25. The van der Waals surface area contributed by atoms with Crippen LogP contribution in [0.25, 0.3) is 10.9 Å². The summed E-state index contributed by atoms with van der Waals surface area (Å²) in [6.07, 6.45) is 4.52. The van der Waals surface area contributed by atoms with E-state index < -0.39 is 5.41 Å². The standard InChI is InChI=1S/C31H27N5O2/c1-2-30-15-26(37)34-23-6-3-7-25(27(23)30)36(17-30)16-21-9-8-18-11-19-13-31(14-20(19)12-24(18)33-21)22-5-4-10-32-28(22)35-29(31)38/h3-12H,2,13-17H2,1H3,(H,34,37)(H,32,35,38)/t30?,31-/m1/s1. The molecule has 38 heavy (non-hydrogen) atoms. The lowest BCUT2D eigenvalue weighted by Crippen LogP contribution is -2.39. The minimum Gasteiger partial charge on any atom is -0.364 e. The number of nitrogens with zero attached hydrogens (tertiary/aromatic N) is 3. The number of pyridine rings is 2. The molecule has 188 valence electrons. The van der Waals surface area contributed by atoms with E-state index in [2.05, 4.69) is 57.8 Å². The Labute approximate surface area is 220 Å². The van der Waals surface area contributed by atoms with Gasteiger partial charge in [-0.2, -0.15) is 0 Å². The average molecular weight is 502 g/mol. The van der Waals surface area contributed by atoms with Crippen molar-refractivity contribution in [3.05, 3.63) is 88.7 Å². The van der Waals surface area contributed by atoms with Crippen LogP contribution in [0.3, 0.4) is 0 Å². The Morgan fingerprint density at radius 1 is 0.974 bits per heavy atom. The number of carbonyl (C=O) groups excluding carboxylic acids is 2. The molecule has 2 N–H and O–H groups in total. The first-order chi connectivity index (χ1) is 18.5. The summed E-state index contributed by atoms with van der Waals surface area (Å²) in [6.45, 7) is 3.69. The summed E-state index contributed by atoms with van der Waals surface area (Å²) < 4.78 is 0. The van der Waals surface area contributed by atoms with Gasteiger partial charge in [0.1, 0.15) is 5.82 Å². The van der Waals surface area contributed by atoms with Crippen molar-refractivity contribution >= 4 is 39.9 Å². The van der Waals surface area contributed by atoms with Gasteiger partial charge in [0.2, 0.25) is 11.8 Å². The van der Waals surface area contributed by atoms with Gasteiger partial charge < -0.3 is 15.5 Å². The van der Waals surface area contributed by atoms with E-state index in [4.69, 9.17) is 4.98 Å². The molecule has 0 bridgehead atoms. The minimum atomic E-state index is -0.579. The fourth-order valence-electron chi connectivity index (χ4n) is 7.42. The van der Waals surface area contributed by atoms with Gasteiger partial charge in [-0.25, -0.2) is 4.98 Å². The van der Waals surface area contributed by atoms with Crippen molar-refractivity contribution in [2.24, 2.45) is 0 Å². The minimum absolute atomic E-state index is 0.0388. The van der Waals surface area contributed by atoms with Crippen molar-refractivity contribution < 1.29 is 9.59 Å². The third-order valence-electron chi connectivity index (χ3n) is 9.25. The maximum Gasteiger partial charge on any atom is 0.237 e. The summed E-state index contributed by atoms with van der Waals surface area (Å²) in [7, 11) is 0.